The lowest BCUT2D eigenvalue weighted by Gasteiger charge is -2.12. The summed E-state index contributed by atoms with van der Waals surface area (Å²) in [6.45, 7) is 0. The van der Waals surface area contributed by atoms with Gasteiger partial charge in [-0.15, -0.1) is 11.3 Å². The molecule has 1 heterocycles. The van der Waals surface area contributed by atoms with Gasteiger partial charge in [-0.25, -0.2) is 13.8 Å². The smallest absolute Gasteiger partial charge is 0.226 e. The summed E-state index contributed by atoms with van der Waals surface area (Å²) >= 11 is 1.21. The normalized spacial score (nSPS) is 10.6. The molecule has 146 valence electrons. The molecule has 2 aromatic carbocycles. The van der Waals surface area contributed by atoms with Gasteiger partial charge in [0.05, 0.1) is 19.9 Å². The number of aromatic nitrogens is 1. The van der Waals surface area contributed by atoms with Crippen LogP contribution in [0.5, 0.6) is 11.5 Å². The molecule has 0 fully saturated rings. The number of carbonyl (C=O) groups excluding carboxylic acids is 1. The molecule has 0 unspecified atom stereocenters. The Kier molecular flexibility index (Phi) is 6.20. The lowest BCUT2D eigenvalue weighted by molar-refractivity contribution is -0.116. The standard InChI is InChI=1S/C20H18F2N2O3S/c1-26-17-5-3-4-12(19(17)27-2)7-9-18(25)24-20-23-16(11-28-20)13-6-8-14(21)15(22)10-13/h3-6,8,10-11H,7,9H2,1-2H3,(H,23,24,25). The van der Waals surface area contributed by atoms with Crippen molar-refractivity contribution < 1.29 is 23.0 Å². The minimum Gasteiger partial charge on any atom is -0.493 e. The van der Waals surface area contributed by atoms with Crippen LogP contribution in [0.25, 0.3) is 11.3 Å². The van der Waals surface area contributed by atoms with E-state index < -0.39 is 11.6 Å². The van der Waals surface area contributed by atoms with Crippen molar-refractivity contribution in [3.05, 3.63) is 59.0 Å². The average molecular weight is 404 g/mol. The molecule has 0 aliphatic heterocycles. The number of anilines is 1. The largest absolute Gasteiger partial charge is 0.493 e. The second kappa shape index (κ2) is 8.79. The number of para-hydroxylation sites is 1. The van der Waals surface area contributed by atoms with Crippen molar-refractivity contribution in [1.29, 1.82) is 0 Å². The fourth-order valence-electron chi connectivity index (χ4n) is 2.70. The lowest BCUT2D eigenvalue weighted by atomic mass is 10.1. The molecule has 0 saturated carbocycles. The zero-order chi connectivity index (χ0) is 20.1. The molecule has 5 nitrogen and oxygen atoms in total. The van der Waals surface area contributed by atoms with Gasteiger partial charge in [-0.1, -0.05) is 12.1 Å². The van der Waals surface area contributed by atoms with Gasteiger partial charge in [0, 0.05) is 17.4 Å². The van der Waals surface area contributed by atoms with Crippen LogP contribution in [0.15, 0.2) is 41.8 Å². The molecule has 0 spiro atoms. The van der Waals surface area contributed by atoms with Gasteiger partial charge >= 0.3 is 0 Å². The number of nitrogens with one attached hydrogen (secondary N) is 1. The van der Waals surface area contributed by atoms with E-state index in [9.17, 15) is 13.6 Å². The van der Waals surface area contributed by atoms with Gasteiger partial charge in [0.2, 0.25) is 5.91 Å². The van der Waals surface area contributed by atoms with Crippen molar-refractivity contribution in [1.82, 2.24) is 4.98 Å². The Morgan fingerprint density at radius 1 is 1.14 bits per heavy atom. The van der Waals surface area contributed by atoms with E-state index >= 15 is 0 Å². The van der Waals surface area contributed by atoms with Crippen LogP contribution in [0.4, 0.5) is 13.9 Å². The van der Waals surface area contributed by atoms with Gasteiger partial charge in [-0.3, -0.25) is 4.79 Å². The number of benzene rings is 2. The first-order valence-electron chi connectivity index (χ1n) is 8.42. The first kappa shape index (κ1) is 19.8. The predicted molar refractivity (Wildman–Crippen MR) is 104 cm³/mol. The zero-order valence-electron chi connectivity index (χ0n) is 15.3. The molecule has 0 atom stereocenters. The van der Waals surface area contributed by atoms with Crippen molar-refractivity contribution in [2.75, 3.05) is 19.5 Å². The summed E-state index contributed by atoms with van der Waals surface area (Å²) < 4.78 is 37.0. The van der Waals surface area contributed by atoms with E-state index in [1.165, 1.54) is 17.4 Å². The first-order chi connectivity index (χ1) is 13.5. The fraction of sp³-hybridized carbons (Fsp3) is 0.200. The van der Waals surface area contributed by atoms with E-state index in [0.29, 0.717) is 34.3 Å². The van der Waals surface area contributed by atoms with E-state index in [1.54, 1.807) is 25.7 Å². The van der Waals surface area contributed by atoms with Crippen molar-refractivity contribution in [2.24, 2.45) is 0 Å². The minimum absolute atomic E-state index is 0.212. The van der Waals surface area contributed by atoms with Crippen molar-refractivity contribution in [3.8, 4) is 22.8 Å². The topological polar surface area (TPSA) is 60.5 Å². The molecule has 8 heteroatoms. The summed E-state index contributed by atoms with van der Waals surface area (Å²) in [7, 11) is 3.11. The van der Waals surface area contributed by atoms with Gasteiger partial charge in [0.1, 0.15) is 0 Å². The molecule has 0 saturated heterocycles. The number of hydrogen-bond acceptors (Lipinski definition) is 5. The number of amides is 1. The molecule has 1 aromatic heterocycles. The van der Waals surface area contributed by atoms with Gasteiger partial charge in [0.25, 0.3) is 0 Å². The molecule has 1 amide bonds. The lowest BCUT2D eigenvalue weighted by Crippen LogP contribution is -2.12. The van der Waals surface area contributed by atoms with Crippen LogP contribution in [0.1, 0.15) is 12.0 Å². The maximum atomic E-state index is 13.4. The van der Waals surface area contributed by atoms with Crippen LogP contribution >= 0.6 is 11.3 Å². The SMILES string of the molecule is COc1cccc(CCC(=O)Nc2nc(-c3ccc(F)c(F)c3)cs2)c1OC. The third-order valence-electron chi connectivity index (χ3n) is 4.07. The van der Waals surface area contributed by atoms with Gasteiger partial charge in [0.15, 0.2) is 28.3 Å². The second-order valence-electron chi connectivity index (χ2n) is 5.87. The first-order valence-corrected chi connectivity index (χ1v) is 9.30. The highest BCUT2D eigenvalue weighted by atomic mass is 32.1. The summed E-state index contributed by atoms with van der Waals surface area (Å²) in [6, 6.07) is 9.06. The van der Waals surface area contributed by atoms with Crippen LogP contribution in [0.2, 0.25) is 0 Å². The molecule has 0 aliphatic rings. The van der Waals surface area contributed by atoms with Crippen molar-refractivity contribution >= 4 is 22.4 Å². The zero-order valence-corrected chi connectivity index (χ0v) is 16.1. The monoisotopic (exact) mass is 404 g/mol. The highest BCUT2D eigenvalue weighted by Gasteiger charge is 2.13. The fourth-order valence-corrected chi connectivity index (χ4v) is 3.44. The second-order valence-corrected chi connectivity index (χ2v) is 6.73. The molecule has 0 bridgehead atoms. The molecule has 0 radical (unpaired) electrons. The highest BCUT2D eigenvalue weighted by Crippen LogP contribution is 2.31. The van der Waals surface area contributed by atoms with E-state index in [1.807, 2.05) is 12.1 Å². The Hall–Kier alpha value is -3.00. The number of aryl methyl sites for hydroxylation is 1. The van der Waals surface area contributed by atoms with Crippen LogP contribution in [0.3, 0.4) is 0 Å². The number of rotatable bonds is 7. The Balaban J connectivity index is 1.63. The number of thiazole rings is 1. The summed E-state index contributed by atoms with van der Waals surface area (Å²) in [6.07, 6.45) is 0.692. The number of methoxy groups -OCH3 is 2. The molecular formula is C20H18F2N2O3S. The van der Waals surface area contributed by atoms with E-state index in [0.717, 1.165) is 17.7 Å². The molecular weight excluding hydrogens is 386 g/mol. The van der Waals surface area contributed by atoms with Crippen molar-refractivity contribution in [3.63, 3.8) is 0 Å². The molecule has 1 N–H and O–H groups in total. The van der Waals surface area contributed by atoms with Crippen LogP contribution in [-0.2, 0) is 11.2 Å². The number of nitrogens with zero attached hydrogens (tertiary/aromatic N) is 1. The highest BCUT2D eigenvalue weighted by molar-refractivity contribution is 7.14. The Morgan fingerprint density at radius 3 is 2.68 bits per heavy atom. The van der Waals surface area contributed by atoms with Crippen LogP contribution in [-0.4, -0.2) is 25.1 Å². The third-order valence-corrected chi connectivity index (χ3v) is 4.83. The molecule has 0 aliphatic carbocycles. The van der Waals surface area contributed by atoms with E-state index in [2.05, 4.69) is 10.3 Å². The number of halogens is 2. The number of carbonyl (C=O) groups is 1. The summed E-state index contributed by atoms with van der Waals surface area (Å²) in [5.41, 5.74) is 1.77. The summed E-state index contributed by atoms with van der Waals surface area (Å²) in [4.78, 5) is 16.5. The maximum Gasteiger partial charge on any atom is 0.226 e. The number of hydrogen-bond donors (Lipinski definition) is 1. The quantitative estimate of drug-likeness (QED) is 0.621. The summed E-state index contributed by atoms with van der Waals surface area (Å²) in [5.74, 6) is -0.857. The predicted octanol–water partition coefficient (Wildman–Crippen LogP) is 4.68. The van der Waals surface area contributed by atoms with Gasteiger partial charge in [-0.05, 0) is 36.2 Å². The molecule has 3 aromatic rings. The van der Waals surface area contributed by atoms with Gasteiger partial charge in [-0.2, -0.15) is 0 Å². The van der Waals surface area contributed by atoms with Gasteiger partial charge < -0.3 is 14.8 Å². The Bertz CT molecular complexity index is 991. The van der Waals surface area contributed by atoms with Crippen LogP contribution < -0.4 is 14.8 Å². The Morgan fingerprint density at radius 2 is 1.96 bits per heavy atom. The minimum atomic E-state index is -0.941. The molecule has 28 heavy (non-hydrogen) atoms. The third kappa shape index (κ3) is 4.45. The van der Waals surface area contributed by atoms with Crippen molar-refractivity contribution in [2.45, 2.75) is 12.8 Å². The van der Waals surface area contributed by atoms with E-state index in [-0.39, 0.29) is 12.3 Å². The summed E-state index contributed by atoms with van der Waals surface area (Å²) in [5, 5.41) is 4.79. The molecule has 3 rings (SSSR count). The van der Waals surface area contributed by atoms with E-state index in [4.69, 9.17) is 9.47 Å². The van der Waals surface area contributed by atoms with Crippen LogP contribution in [0, 0.1) is 11.6 Å². The Labute approximate surface area is 164 Å². The maximum absolute atomic E-state index is 13.4. The number of ether oxygens (including phenoxy) is 2. The average Bonchev–Trinajstić information content (AvgIpc) is 3.16.